The van der Waals surface area contributed by atoms with E-state index >= 15 is 0 Å². The average molecular weight is 390 g/mol. The second-order valence-electron chi connectivity index (χ2n) is 5.25. The number of hydrogen-bond donors (Lipinski definition) is 2. The van der Waals surface area contributed by atoms with Gasteiger partial charge < -0.3 is 14.0 Å². The van der Waals surface area contributed by atoms with E-state index in [1.165, 1.54) is 13.2 Å². The van der Waals surface area contributed by atoms with Crippen LogP contribution in [0.15, 0.2) is 18.2 Å². The molecule has 24 heavy (non-hydrogen) atoms. The summed E-state index contributed by atoms with van der Waals surface area (Å²) in [6, 6.07) is 5.21. The molecule has 1 atom stereocenters. The molecule has 0 saturated heterocycles. The molecule has 0 fully saturated rings. The Hall–Kier alpha value is -1.63. The molecule has 5 nitrogen and oxygen atoms in total. The molecule has 130 valence electrons. The number of phenolic OH excluding ortho intramolecular Hbond substituents is 1. The predicted molar refractivity (Wildman–Crippen MR) is 97.7 cm³/mol. The van der Waals surface area contributed by atoms with Gasteiger partial charge in [-0.25, -0.2) is 0 Å². The molecule has 0 aliphatic heterocycles. The molecular weight excluding hydrogens is 373 g/mol. The first-order valence-electron chi connectivity index (χ1n) is 6.94. The summed E-state index contributed by atoms with van der Waals surface area (Å²) in [4.78, 5) is 0. The van der Waals surface area contributed by atoms with E-state index < -0.39 is 11.3 Å². The summed E-state index contributed by atoms with van der Waals surface area (Å²) in [7, 11) is 1.41. The van der Waals surface area contributed by atoms with Crippen molar-refractivity contribution in [2.75, 3.05) is 11.8 Å². The second kappa shape index (κ2) is 7.51. The molecule has 0 aromatic heterocycles. The molecule has 2 rings (SSSR count). The maximum Gasteiger partial charge on any atom is 0.316 e. The van der Waals surface area contributed by atoms with E-state index in [2.05, 4.69) is 4.72 Å². The number of benzene rings is 2. The fourth-order valence-electron chi connectivity index (χ4n) is 2.31. The molecule has 0 saturated carbocycles. The van der Waals surface area contributed by atoms with Crippen LogP contribution in [-0.4, -0.2) is 16.4 Å². The fraction of sp³-hybridized carbons (Fsp3) is 0.250. The Morgan fingerprint density at radius 3 is 2.25 bits per heavy atom. The molecule has 0 bridgehead atoms. The Labute approximate surface area is 153 Å². The van der Waals surface area contributed by atoms with Crippen molar-refractivity contribution in [3.63, 3.8) is 0 Å². The van der Waals surface area contributed by atoms with Gasteiger partial charge in [-0.15, -0.1) is 0 Å². The minimum Gasteiger partial charge on any atom is -0.504 e. The van der Waals surface area contributed by atoms with Crippen molar-refractivity contribution in [3.05, 3.63) is 44.9 Å². The van der Waals surface area contributed by atoms with Crippen LogP contribution in [0.2, 0.25) is 10.0 Å². The molecule has 0 aliphatic carbocycles. The summed E-state index contributed by atoms with van der Waals surface area (Å²) in [5.41, 5.74) is 2.75. The third-order valence-electron chi connectivity index (χ3n) is 3.33. The van der Waals surface area contributed by atoms with Gasteiger partial charge >= 0.3 is 11.3 Å². The van der Waals surface area contributed by atoms with Crippen LogP contribution in [-0.2, 0) is 11.3 Å². The molecule has 2 aromatic rings. The van der Waals surface area contributed by atoms with Crippen LogP contribution in [0.25, 0.3) is 0 Å². The van der Waals surface area contributed by atoms with E-state index in [-0.39, 0.29) is 27.2 Å². The summed E-state index contributed by atoms with van der Waals surface area (Å²) in [6.07, 6.45) is 0. The summed E-state index contributed by atoms with van der Waals surface area (Å²) in [6.45, 7) is 5.69. The number of methoxy groups -OCH3 is 1. The van der Waals surface area contributed by atoms with E-state index in [1.54, 1.807) is 0 Å². The summed E-state index contributed by atoms with van der Waals surface area (Å²) in [5.74, 6) is 0.398. The van der Waals surface area contributed by atoms with Crippen molar-refractivity contribution >= 4 is 40.2 Å². The first-order valence-corrected chi connectivity index (χ1v) is 8.77. The first-order chi connectivity index (χ1) is 11.2. The van der Waals surface area contributed by atoms with Crippen LogP contribution in [0.1, 0.15) is 16.7 Å². The molecular formula is C16H17Cl2NO4S. The van der Waals surface area contributed by atoms with Crippen molar-refractivity contribution < 1.29 is 18.2 Å². The van der Waals surface area contributed by atoms with Crippen LogP contribution in [0.3, 0.4) is 0 Å². The van der Waals surface area contributed by atoms with Crippen molar-refractivity contribution in [2.24, 2.45) is 0 Å². The molecule has 2 aromatic carbocycles. The first kappa shape index (κ1) is 18.7. The summed E-state index contributed by atoms with van der Waals surface area (Å²) < 4.78 is 25.4. The monoisotopic (exact) mass is 389 g/mol. The zero-order valence-electron chi connectivity index (χ0n) is 13.6. The van der Waals surface area contributed by atoms with Gasteiger partial charge in [0.25, 0.3) is 0 Å². The molecule has 0 heterocycles. The zero-order valence-corrected chi connectivity index (χ0v) is 15.9. The van der Waals surface area contributed by atoms with Gasteiger partial charge in [0.05, 0.1) is 12.1 Å². The normalized spacial score (nSPS) is 11.9. The highest BCUT2D eigenvalue weighted by molar-refractivity contribution is 7.82. The third-order valence-corrected chi connectivity index (χ3v) is 4.68. The highest BCUT2D eigenvalue weighted by atomic mass is 35.5. The van der Waals surface area contributed by atoms with Crippen LogP contribution >= 0.6 is 23.2 Å². The Bertz CT molecular complexity index is 788. The molecule has 0 spiro atoms. The summed E-state index contributed by atoms with van der Waals surface area (Å²) >= 11 is 10.0. The highest BCUT2D eigenvalue weighted by Crippen LogP contribution is 2.44. The van der Waals surface area contributed by atoms with Crippen molar-refractivity contribution in [3.8, 4) is 17.2 Å². The Balaban J connectivity index is 2.30. The number of ether oxygens (including phenoxy) is 1. The Kier molecular flexibility index (Phi) is 5.85. The predicted octanol–water partition coefficient (Wildman–Crippen LogP) is 4.70. The summed E-state index contributed by atoms with van der Waals surface area (Å²) in [5, 5.41) is 10.1. The van der Waals surface area contributed by atoms with Crippen LogP contribution < -0.4 is 13.6 Å². The maximum atomic E-state index is 12.3. The number of phenols is 1. The van der Waals surface area contributed by atoms with Gasteiger partial charge in [-0.3, -0.25) is 4.72 Å². The number of rotatable bonds is 5. The second-order valence-corrected chi connectivity index (χ2v) is 6.87. The zero-order chi connectivity index (χ0) is 18.0. The lowest BCUT2D eigenvalue weighted by molar-refractivity contribution is 0.413. The van der Waals surface area contributed by atoms with Crippen LogP contribution in [0.4, 0.5) is 5.69 Å². The Morgan fingerprint density at radius 2 is 1.71 bits per heavy atom. The fourth-order valence-corrected chi connectivity index (χ4v) is 3.65. The molecule has 0 radical (unpaired) electrons. The molecule has 2 N–H and O–H groups in total. The molecule has 0 amide bonds. The van der Waals surface area contributed by atoms with E-state index in [1.807, 2.05) is 32.9 Å². The topological polar surface area (TPSA) is 67.8 Å². The quantitative estimate of drug-likeness (QED) is 0.726. The van der Waals surface area contributed by atoms with Gasteiger partial charge in [0.1, 0.15) is 22.2 Å². The lowest BCUT2D eigenvalue weighted by Crippen LogP contribution is -2.13. The number of halogens is 2. The van der Waals surface area contributed by atoms with Gasteiger partial charge in [0.2, 0.25) is 0 Å². The van der Waals surface area contributed by atoms with Crippen LogP contribution in [0, 0.1) is 20.8 Å². The largest absolute Gasteiger partial charge is 0.504 e. The standard InChI is InChI=1S/C16H17Cl2NO4S/c1-8-5-9(2)16(10(3)6-8)23-24(21)19-14-13(18)12(22-4)7-11(17)15(14)20/h5-7,19-20H,1-4H3. The minimum absolute atomic E-state index is 0.0125. The lowest BCUT2D eigenvalue weighted by atomic mass is 10.1. The number of aryl methyl sites for hydroxylation is 3. The lowest BCUT2D eigenvalue weighted by Gasteiger charge is -2.15. The van der Waals surface area contributed by atoms with Crippen molar-refractivity contribution in [1.29, 1.82) is 0 Å². The average Bonchev–Trinajstić information content (AvgIpc) is 2.51. The smallest absolute Gasteiger partial charge is 0.316 e. The van der Waals surface area contributed by atoms with E-state index in [9.17, 15) is 9.32 Å². The number of hydrogen-bond acceptors (Lipinski definition) is 4. The molecule has 1 unspecified atom stereocenters. The third kappa shape index (κ3) is 3.88. The van der Waals surface area contributed by atoms with Gasteiger partial charge in [0, 0.05) is 6.07 Å². The Morgan fingerprint density at radius 1 is 1.12 bits per heavy atom. The number of aromatic hydroxyl groups is 1. The van der Waals surface area contributed by atoms with Gasteiger partial charge in [-0.2, -0.15) is 4.21 Å². The van der Waals surface area contributed by atoms with Crippen molar-refractivity contribution in [2.45, 2.75) is 20.8 Å². The van der Waals surface area contributed by atoms with Gasteiger partial charge in [-0.05, 0) is 31.9 Å². The molecule has 0 aliphatic rings. The SMILES string of the molecule is COc1cc(Cl)c(O)c(NS(=O)Oc2c(C)cc(C)cc2C)c1Cl. The maximum absolute atomic E-state index is 12.3. The van der Waals surface area contributed by atoms with Gasteiger partial charge in [-0.1, -0.05) is 40.9 Å². The minimum atomic E-state index is -2.00. The van der Waals surface area contributed by atoms with E-state index in [0.29, 0.717) is 5.75 Å². The highest BCUT2D eigenvalue weighted by Gasteiger charge is 2.19. The number of nitrogens with one attached hydrogen (secondary N) is 1. The molecule has 8 heteroatoms. The van der Waals surface area contributed by atoms with E-state index in [4.69, 9.17) is 32.1 Å². The van der Waals surface area contributed by atoms with E-state index in [0.717, 1.165) is 16.7 Å². The van der Waals surface area contributed by atoms with Gasteiger partial charge in [0.15, 0.2) is 5.75 Å². The van der Waals surface area contributed by atoms with Crippen molar-refractivity contribution in [1.82, 2.24) is 0 Å². The van der Waals surface area contributed by atoms with Crippen LogP contribution in [0.5, 0.6) is 17.2 Å². The number of anilines is 1.